The number of nitrogens with zero attached hydrogens (tertiary/aromatic N) is 3. The summed E-state index contributed by atoms with van der Waals surface area (Å²) in [7, 11) is 0. The van der Waals surface area contributed by atoms with E-state index in [0.717, 1.165) is 0 Å². The fourth-order valence-electron chi connectivity index (χ4n) is 1.01. The molecule has 0 aliphatic rings. The summed E-state index contributed by atoms with van der Waals surface area (Å²) in [5, 5.41) is 11.6. The number of carboxylic acid groups (broad SMARTS) is 1. The monoisotopic (exact) mass is 237 g/mol. The lowest BCUT2D eigenvalue weighted by molar-refractivity contribution is 0.0691. The highest BCUT2D eigenvalue weighted by molar-refractivity contribution is 5.88. The predicted molar refractivity (Wildman–Crippen MR) is 54.2 cm³/mol. The summed E-state index contributed by atoms with van der Waals surface area (Å²) in [6.07, 6.45) is 0. The lowest BCUT2D eigenvalue weighted by Crippen LogP contribution is -2.02. The largest absolute Gasteiger partial charge is 0.478 e. The second kappa shape index (κ2) is 5.49. The zero-order valence-corrected chi connectivity index (χ0v) is 8.31. The molecule has 0 radical (unpaired) electrons. The van der Waals surface area contributed by atoms with Crippen LogP contribution in [0.5, 0.6) is 0 Å². The highest BCUT2D eigenvalue weighted by Crippen LogP contribution is 2.14. The molecule has 0 atom stereocenters. The van der Waals surface area contributed by atoms with E-state index in [4.69, 9.17) is 10.6 Å². The van der Waals surface area contributed by atoms with Crippen molar-refractivity contribution in [3.8, 4) is 11.8 Å². The maximum atomic E-state index is 13.3. The van der Waals surface area contributed by atoms with Crippen LogP contribution in [0.4, 0.5) is 8.78 Å². The van der Waals surface area contributed by atoms with Crippen molar-refractivity contribution in [3.05, 3.63) is 45.3 Å². The van der Waals surface area contributed by atoms with Crippen molar-refractivity contribution in [2.75, 3.05) is 6.54 Å². The topological polar surface area (TPSA) is 86.1 Å². The molecule has 0 aliphatic carbocycles. The minimum atomic E-state index is -1.56. The lowest BCUT2D eigenvalue weighted by atomic mass is 10.1. The van der Waals surface area contributed by atoms with Gasteiger partial charge in [0.1, 0.15) is 11.6 Å². The molecule has 1 rings (SSSR count). The third-order valence-corrected chi connectivity index (χ3v) is 1.72. The van der Waals surface area contributed by atoms with Gasteiger partial charge in [-0.05, 0) is 17.7 Å². The van der Waals surface area contributed by atoms with Gasteiger partial charge < -0.3 is 5.11 Å². The molecule has 0 fully saturated rings. The maximum Gasteiger partial charge on any atom is 0.338 e. The highest BCUT2D eigenvalue weighted by Gasteiger charge is 2.13. The number of rotatable bonds is 2. The minimum absolute atomic E-state index is 0.182. The molecule has 0 saturated heterocycles. The summed E-state index contributed by atoms with van der Waals surface area (Å²) < 4.78 is 26.4. The third kappa shape index (κ3) is 3.19. The normalized spacial score (nSPS) is 8.82. The number of azide groups is 1. The number of carboxylic acids is 1. The Balaban J connectivity index is 3.10. The number of halogens is 2. The van der Waals surface area contributed by atoms with Crippen molar-refractivity contribution in [1.82, 2.24) is 0 Å². The molecule has 0 saturated carbocycles. The van der Waals surface area contributed by atoms with Crippen LogP contribution in [0.25, 0.3) is 10.4 Å². The summed E-state index contributed by atoms with van der Waals surface area (Å²) in [6, 6.07) is 1.23. The smallest absolute Gasteiger partial charge is 0.338 e. The van der Waals surface area contributed by atoms with Crippen LogP contribution in [-0.4, -0.2) is 17.6 Å². The maximum absolute atomic E-state index is 13.3. The molecular weight excluding hydrogens is 232 g/mol. The quantitative estimate of drug-likeness (QED) is 0.370. The number of carbonyl (C=O) groups is 1. The van der Waals surface area contributed by atoms with E-state index in [1.165, 1.54) is 0 Å². The van der Waals surface area contributed by atoms with Gasteiger partial charge in [-0.15, -0.1) is 0 Å². The molecule has 0 aromatic heterocycles. The standard InChI is InChI=1S/C10H5F2N3O2/c11-8-5-7(10(16)17)9(12)4-6(8)2-1-3-14-15-13/h4-5H,3H2,(H,16,17). The fraction of sp³-hybridized carbons (Fsp3) is 0.100. The van der Waals surface area contributed by atoms with E-state index in [1.807, 2.05) is 0 Å². The molecule has 7 heteroatoms. The van der Waals surface area contributed by atoms with E-state index in [0.29, 0.717) is 12.1 Å². The summed E-state index contributed by atoms with van der Waals surface area (Å²) in [6.45, 7) is -0.182. The predicted octanol–water partition coefficient (Wildman–Crippen LogP) is 2.32. The third-order valence-electron chi connectivity index (χ3n) is 1.72. The molecule has 0 spiro atoms. The van der Waals surface area contributed by atoms with Gasteiger partial charge in [-0.1, -0.05) is 17.0 Å². The number of benzene rings is 1. The van der Waals surface area contributed by atoms with Crippen LogP contribution in [-0.2, 0) is 0 Å². The molecule has 1 N–H and O–H groups in total. The zero-order valence-electron chi connectivity index (χ0n) is 8.31. The molecule has 0 amide bonds. The Morgan fingerprint density at radius 3 is 2.76 bits per heavy atom. The van der Waals surface area contributed by atoms with Gasteiger partial charge >= 0.3 is 5.97 Å². The first-order valence-corrected chi connectivity index (χ1v) is 4.28. The summed E-state index contributed by atoms with van der Waals surface area (Å²) in [4.78, 5) is 12.9. The van der Waals surface area contributed by atoms with E-state index in [2.05, 4.69) is 21.9 Å². The molecular formula is C10H5F2N3O2. The van der Waals surface area contributed by atoms with Gasteiger partial charge in [-0.3, -0.25) is 0 Å². The molecule has 5 nitrogen and oxygen atoms in total. The van der Waals surface area contributed by atoms with Crippen LogP contribution in [0.15, 0.2) is 17.2 Å². The lowest BCUT2D eigenvalue weighted by Gasteiger charge is -1.99. The zero-order chi connectivity index (χ0) is 12.8. The van der Waals surface area contributed by atoms with E-state index < -0.39 is 23.2 Å². The molecule has 1 aromatic carbocycles. The Labute approximate surface area is 94.3 Å². The fourth-order valence-corrected chi connectivity index (χ4v) is 1.01. The van der Waals surface area contributed by atoms with Gasteiger partial charge in [-0.2, -0.15) is 0 Å². The number of hydrogen-bond acceptors (Lipinski definition) is 2. The van der Waals surface area contributed by atoms with Crippen LogP contribution in [0.1, 0.15) is 15.9 Å². The first-order chi connectivity index (χ1) is 8.06. The Bertz CT molecular complexity index is 569. The van der Waals surface area contributed by atoms with E-state index in [9.17, 15) is 13.6 Å². The first kappa shape index (κ1) is 12.5. The molecule has 0 bridgehead atoms. The molecule has 0 heterocycles. The molecule has 0 aliphatic heterocycles. The second-order valence-corrected chi connectivity index (χ2v) is 2.81. The molecule has 86 valence electrons. The van der Waals surface area contributed by atoms with Gasteiger partial charge in [0.05, 0.1) is 17.7 Å². The van der Waals surface area contributed by atoms with Gasteiger partial charge in [0.2, 0.25) is 0 Å². The van der Waals surface area contributed by atoms with Crippen molar-refractivity contribution in [1.29, 1.82) is 0 Å². The number of hydrogen-bond donors (Lipinski definition) is 1. The van der Waals surface area contributed by atoms with Crippen molar-refractivity contribution in [2.45, 2.75) is 0 Å². The molecule has 17 heavy (non-hydrogen) atoms. The van der Waals surface area contributed by atoms with Crippen molar-refractivity contribution < 1.29 is 18.7 Å². The Hall–Kier alpha value is -2.58. The van der Waals surface area contributed by atoms with Crippen LogP contribution in [0.3, 0.4) is 0 Å². The summed E-state index contributed by atoms with van der Waals surface area (Å²) in [5.74, 6) is 0.943. The second-order valence-electron chi connectivity index (χ2n) is 2.81. The Morgan fingerprint density at radius 1 is 1.47 bits per heavy atom. The Kier molecular flexibility index (Phi) is 4.03. The molecule has 0 unspecified atom stereocenters. The van der Waals surface area contributed by atoms with Crippen molar-refractivity contribution >= 4 is 5.97 Å². The van der Waals surface area contributed by atoms with E-state index >= 15 is 0 Å². The van der Waals surface area contributed by atoms with Gasteiger partial charge in [0.25, 0.3) is 0 Å². The van der Waals surface area contributed by atoms with Gasteiger partial charge in [0, 0.05) is 4.91 Å². The first-order valence-electron chi connectivity index (χ1n) is 4.28. The van der Waals surface area contributed by atoms with Crippen LogP contribution < -0.4 is 0 Å². The van der Waals surface area contributed by atoms with E-state index in [-0.39, 0.29) is 12.1 Å². The highest BCUT2D eigenvalue weighted by atomic mass is 19.1. The van der Waals surface area contributed by atoms with Crippen LogP contribution in [0.2, 0.25) is 0 Å². The SMILES string of the molecule is [N-]=[N+]=NCC#Cc1cc(F)c(C(=O)O)cc1F. The average Bonchev–Trinajstić information content (AvgIpc) is 2.28. The van der Waals surface area contributed by atoms with Crippen LogP contribution in [0, 0.1) is 23.5 Å². The summed E-state index contributed by atoms with van der Waals surface area (Å²) in [5.41, 5.74) is 6.90. The molecule has 1 aromatic rings. The number of aromatic carboxylic acids is 1. The van der Waals surface area contributed by atoms with E-state index in [1.54, 1.807) is 0 Å². The van der Waals surface area contributed by atoms with Crippen molar-refractivity contribution in [3.63, 3.8) is 0 Å². The minimum Gasteiger partial charge on any atom is -0.478 e. The summed E-state index contributed by atoms with van der Waals surface area (Å²) >= 11 is 0. The van der Waals surface area contributed by atoms with Crippen LogP contribution >= 0.6 is 0 Å². The van der Waals surface area contributed by atoms with Gasteiger partial charge in [-0.25, -0.2) is 13.6 Å². The average molecular weight is 237 g/mol. The van der Waals surface area contributed by atoms with Gasteiger partial charge in [0.15, 0.2) is 0 Å². The van der Waals surface area contributed by atoms with Crippen molar-refractivity contribution in [2.24, 2.45) is 5.11 Å². The Morgan fingerprint density at radius 2 is 2.18 bits per heavy atom.